The quantitative estimate of drug-likeness (QED) is 0.554. The summed E-state index contributed by atoms with van der Waals surface area (Å²) in [4.78, 5) is 0. The van der Waals surface area contributed by atoms with Crippen LogP contribution in [0, 0.1) is 23.2 Å². The van der Waals surface area contributed by atoms with Crippen molar-refractivity contribution in [3.63, 3.8) is 0 Å². The summed E-state index contributed by atoms with van der Waals surface area (Å²) in [5, 5.41) is 8.44. The SMILES string of the molecule is C=CC(CC#N)CCC(C)C. The molecule has 1 heteroatoms. The Kier molecular flexibility index (Phi) is 5.56. The van der Waals surface area contributed by atoms with Crippen LogP contribution in [0.1, 0.15) is 33.1 Å². The molecule has 0 N–H and O–H groups in total. The van der Waals surface area contributed by atoms with E-state index in [2.05, 4.69) is 26.5 Å². The Hall–Kier alpha value is -0.770. The topological polar surface area (TPSA) is 23.8 Å². The first kappa shape index (κ1) is 10.2. The van der Waals surface area contributed by atoms with Crippen molar-refractivity contribution in [3.8, 4) is 6.07 Å². The normalized spacial score (nSPS) is 12.5. The molecule has 0 heterocycles. The van der Waals surface area contributed by atoms with Gasteiger partial charge in [-0.05, 0) is 18.3 Å². The number of nitrogens with zero attached hydrogens (tertiary/aromatic N) is 1. The Morgan fingerprint density at radius 1 is 1.45 bits per heavy atom. The van der Waals surface area contributed by atoms with E-state index in [1.54, 1.807) is 0 Å². The molecular weight excluding hydrogens is 134 g/mol. The minimum absolute atomic E-state index is 0.405. The number of nitriles is 1. The lowest BCUT2D eigenvalue weighted by Gasteiger charge is -2.09. The van der Waals surface area contributed by atoms with E-state index >= 15 is 0 Å². The summed E-state index contributed by atoms with van der Waals surface area (Å²) >= 11 is 0. The predicted molar refractivity (Wildman–Crippen MR) is 48.0 cm³/mol. The zero-order chi connectivity index (χ0) is 8.69. The molecule has 0 spiro atoms. The molecule has 0 amide bonds. The van der Waals surface area contributed by atoms with E-state index in [-0.39, 0.29) is 0 Å². The first-order chi connectivity index (χ1) is 5.20. The lowest BCUT2D eigenvalue weighted by atomic mass is 9.96. The maximum absolute atomic E-state index is 8.44. The van der Waals surface area contributed by atoms with Gasteiger partial charge in [0.1, 0.15) is 0 Å². The Labute approximate surface area is 69.7 Å². The van der Waals surface area contributed by atoms with E-state index < -0.39 is 0 Å². The Morgan fingerprint density at radius 3 is 2.45 bits per heavy atom. The molecule has 0 aromatic heterocycles. The molecule has 0 saturated heterocycles. The molecule has 0 aliphatic heterocycles. The molecule has 1 nitrogen and oxygen atoms in total. The van der Waals surface area contributed by atoms with Crippen molar-refractivity contribution in [2.45, 2.75) is 33.1 Å². The van der Waals surface area contributed by atoms with E-state index in [0.29, 0.717) is 12.3 Å². The summed E-state index contributed by atoms with van der Waals surface area (Å²) in [6, 6.07) is 2.17. The van der Waals surface area contributed by atoms with Crippen molar-refractivity contribution in [1.29, 1.82) is 5.26 Å². The molecule has 0 aliphatic carbocycles. The van der Waals surface area contributed by atoms with Crippen molar-refractivity contribution in [2.24, 2.45) is 11.8 Å². The molecule has 0 aromatic carbocycles. The summed E-state index contributed by atoms with van der Waals surface area (Å²) in [7, 11) is 0. The highest BCUT2D eigenvalue weighted by molar-refractivity contribution is 4.86. The summed E-state index contributed by atoms with van der Waals surface area (Å²) in [5.74, 6) is 1.14. The second-order valence-corrected chi connectivity index (χ2v) is 3.33. The zero-order valence-electron chi connectivity index (χ0n) is 7.51. The third kappa shape index (κ3) is 5.66. The van der Waals surface area contributed by atoms with E-state index in [1.165, 1.54) is 6.42 Å². The fourth-order valence-electron chi connectivity index (χ4n) is 0.968. The molecule has 0 aliphatic rings. The van der Waals surface area contributed by atoms with Gasteiger partial charge in [-0.25, -0.2) is 0 Å². The third-order valence-corrected chi connectivity index (χ3v) is 1.80. The van der Waals surface area contributed by atoms with Crippen molar-refractivity contribution in [3.05, 3.63) is 12.7 Å². The van der Waals surface area contributed by atoms with E-state index in [0.717, 1.165) is 12.3 Å². The summed E-state index contributed by atoms with van der Waals surface area (Å²) in [5.41, 5.74) is 0. The van der Waals surface area contributed by atoms with Gasteiger partial charge in [-0.3, -0.25) is 0 Å². The molecule has 0 radical (unpaired) electrons. The van der Waals surface area contributed by atoms with Gasteiger partial charge in [0.15, 0.2) is 0 Å². The van der Waals surface area contributed by atoms with E-state index in [1.807, 2.05) is 6.08 Å². The maximum Gasteiger partial charge on any atom is 0.0627 e. The van der Waals surface area contributed by atoms with Crippen LogP contribution in [-0.4, -0.2) is 0 Å². The molecule has 1 atom stereocenters. The van der Waals surface area contributed by atoms with Crippen LogP contribution in [0.3, 0.4) is 0 Å². The third-order valence-electron chi connectivity index (χ3n) is 1.80. The van der Waals surface area contributed by atoms with Gasteiger partial charge < -0.3 is 0 Å². The molecule has 0 fully saturated rings. The highest BCUT2D eigenvalue weighted by atomic mass is 14.2. The minimum atomic E-state index is 0.405. The molecule has 62 valence electrons. The van der Waals surface area contributed by atoms with Crippen LogP contribution in [0.25, 0.3) is 0 Å². The fourth-order valence-corrected chi connectivity index (χ4v) is 0.968. The Bertz CT molecular complexity index is 141. The molecular formula is C10H17N. The maximum atomic E-state index is 8.44. The van der Waals surface area contributed by atoms with E-state index in [4.69, 9.17) is 5.26 Å². The average Bonchev–Trinajstić information content (AvgIpc) is 1.97. The monoisotopic (exact) mass is 151 g/mol. The largest absolute Gasteiger partial charge is 0.198 e. The van der Waals surface area contributed by atoms with Crippen molar-refractivity contribution in [1.82, 2.24) is 0 Å². The number of rotatable bonds is 5. The van der Waals surface area contributed by atoms with Gasteiger partial charge in [0.05, 0.1) is 6.07 Å². The van der Waals surface area contributed by atoms with Gasteiger partial charge >= 0.3 is 0 Å². The molecule has 1 unspecified atom stereocenters. The molecule has 0 saturated carbocycles. The lowest BCUT2D eigenvalue weighted by Crippen LogP contribution is -1.97. The Balaban J connectivity index is 3.53. The summed E-state index contributed by atoms with van der Waals surface area (Å²) < 4.78 is 0. The van der Waals surface area contributed by atoms with Crippen LogP contribution in [0.5, 0.6) is 0 Å². The summed E-state index contributed by atoms with van der Waals surface area (Å²) in [6.45, 7) is 8.11. The molecule has 11 heavy (non-hydrogen) atoms. The number of hydrogen-bond acceptors (Lipinski definition) is 1. The molecule has 0 bridgehead atoms. The van der Waals surface area contributed by atoms with Crippen LogP contribution in [-0.2, 0) is 0 Å². The first-order valence-electron chi connectivity index (χ1n) is 4.20. The standard InChI is InChI=1S/C10H17N/c1-4-10(7-8-11)6-5-9(2)3/h4,9-10H,1,5-7H2,2-3H3. The fraction of sp³-hybridized carbons (Fsp3) is 0.700. The van der Waals surface area contributed by atoms with Gasteiger partial charge in [-0.1, -0.05) is 26.3 Å². The first-order valence-corrected chi connectivity index (χ1v) is 4.20. The second kappa shape index (κ2) is 5.97. The van der Waals surface area contributed by atoms with Crippen molar-refractivity contribution in [2.75, 3.05) is 0 Å². The predicted octanol–water partition coefficient (Wildman–Crippen LogP) is 3.14. The van der Waals surface area contributed by atoms with Gasteiger partial charge in [0, 0.05) is 6.42 Å². The van der Waals surface area contributed by atoms with Gasteiger partial charge in [0.2, 0.25) is 0 Å². The molecule has 0 rings (SSSR count). The van der Waals surface area contributed by atoms with Crippen LogP contribution >= 0.6 is 0 Å². The highest BCUT2D eigenvalue weighted by Crippen LogP contribution is 2.15. The number of allylic oxidation sites excluding steroid dienone is 1. The van der Waals surface area contributed by atoms with Gasteiger partial charge in [0.25, 0.3) is 0 Å². The average molecular weight is 151 g/mol. The smallest absolute Gasteiger partial charge is 0.0627 e. The van der Waals surface area contributed by atoms with Gasteiger partial charge in [-0.15, -0.1) is 6.58 Å². The second-order valence-electron chi connectivity index (χ2n) is 3.33. The van der Waals surface area contributed by atoms with Crippen LogP contribution in [0.4, 0.5) is 0 Å². The zero-order valence-corrected chi connectivity index (χ0v) is 7.51. The van der Waals surface area contributed by atoms with Crippen molar-refractivity contribution >= 4 is 0 Å². The Morgan fingerprint density at radius 2 is 2.09 bits per heavy atom. The summed E-state index contributed by atoms with van der Waals surface area (Å²) in [6.07, 6.45) is 4.81. The number of hydrogen-bond donors (Lipinski definition) is 0. The van der Waals surface area contributed by atoms with Crippen molar-refractivity contribution < 1.29 is 0 Å². The molecule has 0 aromatic rings. The minimum Gasteiger partial charge on any atom is -0.198 e. The highest BCUT2D eigenvalue weighted by Gasteiger charge is 2.03. The van der Waals surface area contributed by atoms with Crippen LogP contribution < -0.4 is 0 Å². The van der Waals surface area contributed by atoms with E-state index in [9.17, 15) is 0 Å². The van der Waals surface area contributed by atoms with Crippen LogP contribution in [0.15, 0.2) is 12.7 Å². The van der Waals surface area contributed by atoms with Gasteiger partial charge in [-0.2, -0.15) is 5.26 Å². The lowest BCUT2D eigenvalue weighted by molar-refractivity contribution is 0.486. The van der Waals surface area contributed by atoms with Crippen LogP contribution in [0.2, 0.25) is 0 Å².